The van der Waals surface area contributed by atoms with Crippen LogP contribution < -0.4 is 10.6 Å². The molecule has 1 saturated heterocycles. The van der Waals surface area contributed by atoms with Gasteiger partial charge < -0.3 is 15.4 Å². The number of halogens is 3. The number of rotatable bonds is 6. The van der Waals surface area contributed by atoms with Crippen molar-refractivity contribution in [1.82, 2.24) is 20.0 Å². The highest BCUT2D eigenvalue weighted by atomic mass is 19.4. The molecule has 32 heavy (non-hydrogen) atoms. The van der Waals surface area contributed by atoms with Gasteiger partial charge in [-0.1, -0.05) is 29.8 Å². The number of nitrogens with one attached hydrogen (secondary N) is 2. The standard InChI is InChI=1S/C22H28F3N5O2/c1-15-3-5-16(6-4-15)18-13-19(22(23,24)25)30-20(28-18)17(14-27-30)21(31)26-7-2-8-29-9-11-32-12-10-29/h3-6,14,18-19,28H,2,7-13H2,1H3,(H,26,31). The number of anilines is 1. The molecule has 0 radical (unpaired) electrons. The molecule has 0 aliphatic carbocycles. The smallest absolute Gasteiger partial charge is 0.379 e. The quantitative estimate of drug-likeness (QED) is 0.660. The number of hydrogen-bond donors (Lipinski definition) is 2. The second-order valence-electron chi connectivity index (χ2n) is 8.32. The molecule has 3 heterocycles. The summed E-state index contributed by atoms with van der Waals surface area (Å²) in [4.78, 5) is 15.0. The molecule has 4 rings (SSSR count). The molecule has 2 aliphatic rings. The van der Waals surface area contributed by atoms with Crippen molar-refractivity contribution in [3.8, 4) is 0 Å². The van der Waals surface area contributed by atoms with Gasteiger partial charge in [-0.25, -0.2) is 4.68 Å². The van der Waals surface area contributed by atoms with Crippen LogP contribution in [0.3, 0.4) is 0 Å². The Morgan fingerprint density at radius 3 is 2.66 bits per heavy atom. The van der Waals surface area contributed by atoms with Crippen molar-refractivity contribution in [3.63, 3.8) is 0 Å². The number of benzene rings is 1. The third-order valence-corrected chi connectivity index (χ3v) is 6.00. The van der Waals surface area contributed by atoms with Crippen LogP contribution in [0, 0.1) is 6.92 Å². The fraction of sp³-hybridized carbons (Fsp3) is 0.545. The van der Waals surface area contributed by atoms with Gasteiger partial charge in [0.1, 0.15) is 11.4 Å². The van der Waals surface area contributed by atoms with Crippen LogP contribution in [0.15, 0.2) is 30.5 Å². The summed E-state index contributed by atoms with van der Waals surface area (Å²) < 4.78 is 47.6. The van der Waals surface area contributed by atoms with E-state index in [1.54, 1.807) is 0 Å². The summed E-state index contributed by atoms with van der Waals surface area (Å²) in [7, 11) is 0. The van der Waals surface area contributed by atoms with Gasteiger partial charge in [0, 0.05) is 26.1 Å². The molecule has 1 fully saturated rings. The minimum Gasteiger partial charge on any atom is -0.379 e. The number of nitrogens with zero attached hydrogens (tertiary/aromatic N) is 3. The first-order valence-electron chi connectivity index (χ1n) is 10.9. The molecule has 7 nitrogen and oxygen atoms in total. The van der Waals surface area contributed by atoms with Crippen molar-refractivity contribution < 1.29 is 22.7 Å². The maximum absolute atomic E-state index is 13.8. The van der Waals surface area contributed by atoms with Crippen LogP contribution in [-0.4, -0.2) is 66.2 Å². The number of fused-ring (bicyclic) bond motifs is 1. The molecule has 2 aliphatic heterocycles. The van der Waals surface area contributed by atoms with Gasteiger partial charge in [-0.2, -0.15) is 18.3 Å². The molecule has 1 amide bonds. The van der Waals surface area contributed by atoms with Crippen LogP contribution in [0.25, 0.3) is 0 Å². The van der Waals surface area contributed by atoms with E-state index in [4.69, 9.17) is 4.74 Å². The normalized spacial score (nSPS) is 21.6. The van der Waals surface area contributed by atoms with Gasteiger partial charge in [0.05, 0.1) is 25.5 Å². The highest BCUT2D eigenvalue weighted by molar-refractivity contribution is 5.98. The Bertz CT molecular complexity index is 923. The highest BCUT2D eigenvalue weighted by Crippen LogP contribution is 2.44. The van der Waals surface area contributed by atoms with E-state index in [-0.39, 0.29) is 17.8 Å². The number of ether oxygens (including phenoxy) is 1. The van der Waals surface area contributed by atoms with Crippen LogP contribution >= 0.6 is 0 Å². The van der Waals surface area contributed by atoms with E-state index in [2.05, 4.69) is 20.6 Å². The third-order valence-electron chi connectivity index (χ3n) is 6.00. The minimum absolute atomic E-state index is 0.106. The van der Waals surface area contributed by atoms with E-state index in [1.165, 1.54) is 6.20 Å². The Morgan fingerprint density at radius 1 is 1.25 bits per heavy atom. The van der Waals surface area contributed by atoms with Crippen LogP contribution in [0.2, 0.25) is 0 Å². The second-order valence-corrected chi connectivity index (χ2v) is 8.32. The summed E-state index contributed by atoms with van der Waals surface area (Å²) in [5, 5.41) is 9.86. The van der Waals surface area contributed by atoms with Gasteiger partial charge in [-0.05, 0) is 25.5 Å². The molecular formula is C22H28F3N5O2. The van der Waals surface area contributed by atoms with Crippen molar-refractivity contribution in [2.75, 3.05) is 44.7 Å². The first-order chi connectivity index (χ1) is 15.3. The molecule has 2 atom stereocenters. The Balaban J connectivity index is 1.46. The van der Waals surface area contributed by atoms with E-state index in [9.17, 15) is 18.0 Å². The lowest BCUT2D eigenvalue weighted by Gasteiger charge is -2.34. The summed E-state index contributed by atoms with van der Waals surface area (Å²) in [6, 6.07) is 5.00. The zero-order chi connectivity index (χ0) is 22.7. The second kappa shape index (κ2) is 9.50. The lowest BCUT2D eigenvalue weighted by atomic mass is 9.96. The fourth-order valence-electron chi connectivity index (χ4n) is 4.17. The van der Waals surface area contributed by atoms with Crippen molar-refractivity contribution in [2.24, 2.45) is 0 Å². The maximum Gasteiger partial charge on any atom is 0.410 e. The van der Waals surface area contributed by atoms with Gasteiger partial charge in [0.15, 0.2) is 6.04 Å². The van der Waals surface area contributed by atoms with Gasteiger partial charge >= 0.3 is 6.18 Å². The molecule has 2 aromatic rings. The maximum atomic E-state index is 13.8. The number of morpholine rings is 1. The molecular weight excluding hydrogens is 423 g/mol. The Hall–Kier alpha value is -2.59. The average molecular weight is 451 g/mol. The van der Waals surface area contributed by atoms with Crippen molar-refractivity contribution in [2.45, 2.75) is 38.0 Å². The SMILES string of the molecule is Cc1ccc(C2CC(C(F)(F)F)n3ncc(C(=O)NCCCN4CCOCC4)c3N2)cc1. The molecule has 1 aromatic carbocycles. The summed E-state index contributed by atoms with van der Waals surface area (Å²) in [5.74, 6) is -0.318. The first-order valence-corrected chi connectivity index (χ1v) is 10.9. The van der Waals surface area contributed by atoms with Gasteiger partial charge in [0.2, 0.25) is 0 Å². The molecule has 174 valence electrons. The Kier molecular flexibility index (Phi) is 6.71. The first kappa shape index (κ1) is 22.6. The van der Waals surface area contributed by atoms with Gasteiger partial charge in [-0.3, -0.25) is 9.69 Å². The molecule has 2 N–H and O–H groups in total. The van der Waals surface area contributed by atoms with Crippen molar-refractivity contribution in [1.29, 1.82) is 0 Å². The number of aryl methyl sites for hydroxylation is 1. The largest absolute Gasteiger partial charge is 0.410 e. The average Bonchev–Trinajstić information content (AvgIpc) is 3.20. The van der Waals surface area contributed by atoms with E-state index in [0.29, 0.717) is 19.8 Å². The molecule has 0 bridgehead atoms. The van der Waals surface area contributed by atoms with Crippen LogP contribution in [0.5, 0.6) is 0 Å². The van der Waals surface area contributed by atoms with E-state index < -0.39 is 24.2 Å². The number of carbonyl (C=O) groups is 1. The Morgan fingerprint density at radius 2 is 1.97 bits per heavy atom. The number of amides is 1. The zero-order valence-electron chi connectivity index (χ0n) is 18.0. The van der Waals surface area contributed by atoms with Crippen LogP contribution in [-0.2, 0) is 4.74 Å². The molecule has 1 aromatic heterocycles. The number of hydrogen-bond acceptors (Lipinski definition) is 5. The van der Waals surface area contributed by atoms with E-state index >= 15 is 0 Å². The van der Waals surface area contributed by atoms with Gasteiger partial charge in [-0.15, -0.1) is 0 Å². The Labute approximate surface area is 184 Å². The number of carbonyl (C=O) groups excluding carboxylic acids is 1. The van der Waals surface area contributed by atoms with Crippen molar-refractivity contribution >= 4 is 11.7 Å². The minimum atomic E-state index is -4.47. The van der Waals surface area contributed by atoms with Crippen molar-refractivity contribution in [3.05, 3.63) is 47.2 Å². The van der Waals surface area contributed by atoms with E-state index in [1.807, 2.05) is 31.2 Å². The van der Waals surface area contributed by atoms with Crippen LogP contribution in [0.1, 0.15) is 46.4 Å². The van der Waals surface area contributed by atoms with Gasteiger partial charge in [0.25, 0.3) is 5.91 Å². The predicted octanol–water partition coefficient (Wildman–Crippen LogP) is 3.30. The summed E-state index contributed by atoms with van der Waals surface area (Å²) in [6.07, 6.45) is -2.70. The summed E-state index contributed by atoms with van der Waals surface area (Å²) >= 11 is 0. The van der Waals surface area contributed by atoms with Crippen LogP contribution in [0.4, 0.5) is 19.0 Å². The zero-order valence-corrected chi connectivity index (χ0v) is 18.0. The number of alkyl halides is 3. The van der Waals surface area contributed by atoms with E-state index in [0.717, 1.165) is 41.9 Å². The predicted molar refractivity (Wildman–Crippen MR) is 114 cm³/mol. The summed E-state index contributed by atoms with van der Waals surface area (Å²) in [6.45, 7) is 6.35. The molecule has 10 heteroatoms. The molecule has 0 spiro atoms. The lowest BCUT2D eigenvalue weighted by molar-refractivity contribution is -0.173. The third kappa shape index (κ3) is 5.07. The number of aromatic nitrogens is 2. The molecule has 0 saturated carbocycles. The fourth-order valence-corrected chi connectivity index (χ4v) is 4.17. The summed E-state index contributed by atoms with van der Waals surface area (Å²) in [5.41, 5.74) is 1.90. The topological polar surface area (TPSA) is 71.4 Å². The monoisotopic (exact) mass is 451 g/mol. The lowest BCUT2D eigenvalue weighted by Crippen LogP contribution is -2.38. The molecule has 2 unspecified atom stereocenters. The highest BCUT2D eigenvalue weighted by Gasteiger charge is 2.47.